The number of non-ortho nitro benzene ring substituents is 1. The molecule has 7 nitrogen and oxygen atoms in total. The first-order valence-electron chi connectivity index (χ1n) is 5.61. The monoisotopic (exact) mass is 257 g/mol. The van der Waals surface area contributed by atoms with Crippen molar-refractivity contribution in [3.63, 3.8) is 0 Å². The van der Waals surface area contributed by atoms with Crippen molar-refractivity contribution in [3.05, 3.63) is 52.1 Å². The lowest BCUT2D eigenvalue weighted by Gasteiger charge is -2.06. The minimum Gasteiger partial charge on any atom is -0.384 e. The second-order valence-corrected chi connectivity index (χ2v) is 3.81. The van der Waals surface area contributed by atoms with E-state index in [0.717, 1.165) is 5.82 Å². The lowest BCUT2D eigenvalue weighted by atomic mass is 10.1. The van der Waals surface area contributed by atoms with E-state index in [1.165, 1.54) is 12.1 Å². The average Bonchev–Trinajstić information content (AvgIpc) is 2.92. The van der Waals surface area contributed by atoms with Crippen LogP contribution in [-0.4, -0.2) is 21.4 Å². The van der Waals surface area contributed by atoms with Gasteiger partial charge in [0.25, 0.3) is 5.69 Å². The quantitative estimate of drug-likeness (QED) is 0.627. The molecule has 0 aliphatic carbocycles. The first kappa shape index (κ1) is 12.6. The van der Waals surface area contributed by atoms with Gasteiger partial charge in [0.15, 0.2) is 0 Å². The highest BCUT2D eigenvalue weighted by Gasteiger charge is 2.10. The van der Waals surface area contributed by atoms with E-state index in [-0.39, 0.29) is 11.3 Å². The number of imidazole rings is 1. The summed E-state index contributed by atoms with van der Waals surface area (Å²) in [6.45, 7) is 0.583. The van der Waals surface area contributed by atoms with E-state index in [0.29, 0.717) is 18.7 Å². The van der Waals surface area contributed by atoms with Crippen LogP contribution in [-0.2, 0) is 6.42 Å². The standard InChI is InChI=1S/C12H11N5O2/c13-8-9-7-10(17(18)19)1-2-11(9)14-4-3-12-15-5-6-16-12/h1-2,5-7,14H,3-4H2,(H,15,16). The van der Waals surface area contributed by atoms with Gasteiger partial charge in [-0.2, -0.15) is 5.26 Å². The summed E-state index contributed by atoms with van der Waals surface area (Å²) in [5.74, 6) is 0.841. The fourth-order valence-electron chi connectivity index (χ4n) is 1.64. The molecule has 0 aliphatic rings. The van der Waals surface area contributed by atoms with Crippen LogP contribution < -0.4 is 5.32 Å². The number of benzene rings is 1. The zero-order valence-electron chi connectivity index (χ0n) is 9.96. The van der Waals surface area contributed by atoms with Crippen LogP contribution in [0.4, 0.5) is 11.4 Å². The van der Waals surface area contributed by atoms with Gasteiger partial charge in [0.05, 0.1) is 16.2 Å². The Kier molecular flexibility index (Phi) is 3.73. The summed E-state index contributed by atoms with van der Waals surface area (Å²) in [7, 11) is 0. The van der Waals surface area contributed by atoms with Gasteiger partial charge in [-0.05, 0) is 6.07 Å². The molecule has 0 radical (unpaired) electrons. The number of hydrogen-bond donors (Lipinski definition) is 2. The van der Waals surface area contributed by atoms with Crippen molar-refractivity contribution in [1.82, 2.24) is 9.97 Å². The van der Waals surface area contributed by atoms with E-state index in [2.05, 4.69) is 15.3 Å². The summed E-state index contributed by atoms with van der Waals surface area (Å²) in [6, 6.07) is 6.11. The lowest BCUT2D eigenvalue weighted by Crippen LogP contribution is -2.07. The zero-order chi connectivity index (χ0) is 13.7. The van der Waals surface area contributed by atoms with Gasteiger partial charge < -0.3 is 10.3 Å². The Morgan fingerprint density at radius 3 is 3.00 bits per heavy atom. The van der Waals surface area contributed by atoms with Gasteiger partial charge in [0.2, 0.25) is 0 Å². The molecular weight excluding hydrogens is 246 g/mol. The largest absolute Gasteiger partial charge is 0.384 e. The molecule has 7 heteroatoms. The van der Waals surface area contributed by atoms with Crippen LogP contribution >= 0.6 is 0 Å². The van der Waals surface area contributed by atoms with Gasteiger partial charge in [-0.25, -0.2) is 4.98 Å². The number of nitrogens with zero attached hydrogens (tertiary/aromatic N) is 3. The molecule has 0 fully saturated rings. The molecule has 1 heterocycles. The summed E-state index contributed by atoms with van der Waals surface area (Å²) in [6.07, 6.45) is 4.08. The topological polar surface area (TPSA) is 108 Å². The van der Waals surface area contributed by atoms with Crippen LogP contribution in [0.1, 0.15) is 11.4 Å². The van der Waals surface area contributed by atoms with Crippen molar-refractivity contribution in [2.45, 2.75) is 6.42 Å². The molecule has 0 saturated carbocycles. The fourth-order valence-corrected chi connectivity index (χ4v) is 1.64. The van der Waals surface area contributed by atoms with E-state index in [4.69, 9.17) is 5.26 Å². The molecule has 19 heavy (non-hydrogen) atoms. The average molecular weight is 257 g/mol. The number of hydrogen-bond acceptors (Lipinski definition) is 5. The van der Waals surface area contributed by atoms with E-state index in [9.17, 15) is 10.1 Å². The van der Waals surface area contributed by atoms with E-state index < -0.39 is 4.92 Å². The number of nitro benzene ring substituents is 1. The fraction of sp³-hybridized carbons (Fsp3) is 0.167. The molecule has 96 valence electrons. The first-order chi connectivity index (χ1) is 9.20. The Balaban J connectivity index is 2.04. The van der Waals surface area contributed by atoms with E-state index in [1.54, 1.807) is 18.5 Å². The summed E-state index contributed by atoms with van der Waals surface area (Å²) in [5, 5.41) is 22.7. The van der Waals surface area contributed by atoms with Gasteiger partial charge >= 0.3 is 0 Å². The SMILES string of the molecule is N#Cc1cc([N+](=O)[O-])ccc1NCCc1ncc[nH]1. The maximum absolute atomic E-state index is 10.6. The second-order valence-electron chi connectivity index (χ2n) is 3.81. The summed E-state index contributed by atoms with van der Waals surface area (Å²) < 4.78 is 0. The van der Waals surface area contributed by atoms with Crippen molar-refractivity contribution in [3.8, 4) is 6.07 Å². The third kappa shape index (κ3) is 3.07. The van der Waals surface area contributed by atoms with Gasteiger partial charge in [0.1, 0.15) is 11.9 Å². The highest BCUT2D eigenvalue weighted by Crippen LogP contribution is 2.21. The number of anilines is 1. The van der Waals surface area contributed by atoms with Gasteiger partial charge in [-0.15, -0.1) is 0 Å². The molecular formula is C12H11N5O2. The Labute approximate surface area is 109 Å². The third-order valence-electron chi connectivity index (χ3n) is 2.57. The maximum atomic E-state index is 10.6. The van der Waals surface area contributed by atoms with Crippen LogP contribution in [0.2, 0.25) is 0 Å². The number of nitriles is 1. The molecule has 0 unspecified atom stereocenters. The summed E-state index contributed by atoms with van der Waals surface area (Å²) in [5.41, 5.74) is 0.751. The Bertz CT molecular complexity index is 616. The van der Waals surface area contributed by atoms with Crippen molar-refractivity contribution < 1.29 is 4.92 Å². The molecule has 0 bridgehead atoms. The molecule has 2 N–H and O–H groups in total. The number of H-pyrrole nitrogens is 1. The van der Waals surface area contributed by atoms with Gasteiger partial charge in [-0.3, -0.25) is 10.1 Å². The van der Waals surface area contributed by atoms with Gasteiger partial charge in [-0.1, -0.05) is 0 Å². The number of aromatic nitrogens is 2. The summed E-state index contributed by atoms with van der Waals surface area (Å²) >= 11 is 0. The minimum absolute atomic E-state index is 0.0897. The molecule has 0 amide bonds. The predicted molar refractivity (Wildman–Crippen MR) is 68.6 cm³/mol. The number of rotatable bonds is 5. The second kappa shape index (κ2) is 5.64. The minimum atomic E-state index is -0.520. The Morgan fingerprint density at radius 1 is 1.53 bits per heavy atom. The van der Waals surface area contributed by atoms with Crippen molar-refractivity contribution in [2.24, 2.45) is 0 Å². The van der Waals surface area contributed by atoms with E-state index in [1.807, 2.05) is 6.07 Å². The predicted octanol–water partition coefficient (Wildman–Crippen LogP) is 1.84. The molecule has 0 aliphatic heterocycles. The van der Waals surface area contributed by atoms with E-state index >= 15 is 0 Å². The number of nitrogens with one attached hydrogen (secondary N) is 2. The Hall–Kier alpha value is -2.88. The highest BCUT2D eigenvalue weighted by molar-refractivity contribution is 5.61. The normalized spacial score (nSPS) is 9.84. The number of aromatic amines is 1. The third-order valence-corrected chi connectivity index (χ3v) is 2.57. The lowest BCUT2D eigenvalue weighted by molar-refractivity contribution is -0.384. The van der Waals surface area contributed by atoms with Crippen molar-refractivity contribution >= 4 is 11.4 Å². The summed E-state index contributed by atoms with van der Waals surface area (Å²) in [4.78, 5) is 17.1. The smallest absolute Gasteiger partial charge is 0.270 e. The van der Waals surface area contributed by atoms with Crippen LogP contribution in [0.3, 0.4) is 0 Å². The van der Waals surface area contributed by atoms with Crippen LogP contribution in [0.15, 0.2) is 30.6 Å². The molecule has 0 spiro atoms. The molecule has 0 atom stereocenters. The highest BCUT2D eigenvalue weighted by atomic mass is 16.6. The molecule has 1 aromatic carbocycles. The number of nitro groups is 1. The molecule has 0 saturated heterocycles. The maximum Gasteiger partial charge on any atom is 0.270 e. The molecule has 1 aromatic heterocycles. The van der Waals surface area contributed by atoms with Crippen LogP contribution in [0, 0.1) is 21.4 Å². The zero-order valence-corrected chi connectivity index (χ0v) is 9.96. The van der Waals surface area contributed by atoms with Crippen LogP contribution in [0.25, 0.3) is 0 Å². The van der Waals surface area contributed by atoms with Crippen molar-refractivity contribution in [2.75, 3.05) is 11.9 Å². The van der Waals surface area contributed by atoms with Crippen LogP contribution in [0.5, 0.6) is 0 Å². The molecule has 2 rings (SSSR count). The first-order valence-corrected chi connectivity index (χ1v) is 5.61. The molecule has 2 aromatic rings. The van der Waals surface area contributed by atoms with Crippen molar-refractivity contribution in [1.29, 1.82) is 5.26 Å². The Morgan fingerprint density at radius 2 is 2.37 bits per heavy atom. The van der Waals surface area contributed by atoms with Gasteiger partial charge in [0, 0.05) is 37.5 Å².